The fourth-order valence-electron chi connectivity index (χ4n) is 2.33. The molecule has 0 aliphatic rings. The molecule has 0 unspecified atom stereocenters. The van der Waals surface area contributed by atoms with Crippen LogP contribution in [-0.2, 0) is 6.54 Å². The third-order valence-electron chi connectivity index (χ3n) is 3.48. The maximum Gasteiger partial charge on any atom is 0.190 e. The van der Waals surface area contributed by atoms with E-state index in [9.17, 15) is 0 Å². The van der Waals surface area contributed by atoms with Gasteiger partial charge in [0, 0.05) is 11.9 Å². The van der Waals surface area contributed by atoms with E-state index in [1.807, 2.05) is 48.5 Å². The molecule has 3 aromatic rings. The zero-order valence-corrected chi connectivity index (χ0v) is 13.8. The van der Waals surface area contributed by atoms with E-state index in [1.54, 1.807) is 18.4 Å². The number of rotatable bonds is 5. The number of nitrogens with zero attached hydrogens (tertiary/aromatic N) is 2. The van der Waals surface area contributed by atoms with Gasteiger partial charge in [0.05, 0.1) is 18.5 Å². The van der Waals surface area contributed by atoms with Crippen molar-refractivity contribution in [2.45, 2.75) is 6.54 Å². The lowest BCUT2D eigenvalue weighted by Gasteiger charge is -2.07. The van der Waals surface area contributed by atoms with Gasteiger partial charge in [-0.2, -0.15) is 0 Å². The van der Waals surface area contributed by atoms with E-state index in [0.29, 0.717) is 0 Å². The monoisotopic (exact) mass is 322 g/mol. The Morgan fingerprint density at radius 1 is 1.13 bits per heavy atom. The summed E-state index contributed by atoms with van der Waals surface area (Å²) < 4.78 is 7.40. The quantitative estimate of drug-likeness (QED) is 0.628. The summed E-state index contributed by atoms with van der Waals surface area (Å²) >= 11 is 1.63. The first-order valence-corrected chi connectivity index (χ1v) is 8.23. The third-order valence-corrected chi connectivity index (χ3v) is 4.34. The Morgan fingerprint density at radius 3 is 2.52 bits per heavy atom. The molecule has 0 N–H and O–H groups in total. The maximum absolute atomic E-state index is 5.23. The average molecular weight is 322 g/mol. The average Bonchev–Trinajstić information content (AvgIpc) is 2.99. The summed E-state index contributed by atoms with van der Waals surface area (Å²) in [6, 6.07) is 18.1. The van der Waals surface area contributed by atoms with E-state index < -0.39 is 0 Å². The summed E-state index contributed by atoms with van der Waals surface area (Å²) in [6.07, 6.45) is 1.89. The minimum atomic E-state index is 0.719. The number of allylic oxidation sites excluding steroid dienone is 1. The summed E-state index contributed by atoms with van der Waals surface area (Å²) in [5, 5.41) is 2.13. The molecule has 0 fully saturated rings. The van der Waals surface area contributed by atoms with Crippen LogP contribution in [-0.4, -0.2) is 11.7 Å². The molecule has 0 amide bonds. The van der Waals surface area contributed by atoms with Crippen LogP contribution in [0.15, 0.2) is 77.6 Å². The first kappa shape index (κ1) is 15.3. The van der Waals surface area contributed by atoms with Gasteiger partial charge in [-0.15, -0.1) is 17.9 Å². The van der Waals surface area contributed by atoms with Gasteiger partial charge >= 0.3 is 0 Å². The van der Waals surface area contributed by atoms with Gasteiger partial charge in [0.1, 0.15) is 5.75 Å². The fourth-order valence-corrected chi connectivity index (χ4v) is 3.27. The number of ether oxygens (including phenoxy) is 1. The second-order valence-corrected chi connectivity index (χ2v) is 5.82. The smallest absolute Gasteiger partial charge is 0.190 e. The Bertz CT molecular complexity index is 845. The van der Waals surface area contributed by atoms with Crippen LogP contribution in [0, 0.1) is 0 Å². The van der Waals surface area contributed by atoms with E-state index in [4.69, 9.17) is 9.73 Å². The molecule has 1 heterocycles. The molecule has 2 aromatic carbocycles. The summed E-state index contributed by atoms with van der Waals surface area (Å²) in [5.41, 5.74) is 3.22. The zero-order chi connectivity index (χ0) is 16.1. The normalized spacial score (nSPS) is 11.4. The maximum atomic E-state index is 5.23. The number of thiazole rings is 1. The first-order chi connectivity index (χ1) is 11.3. The highest BCUT2D eigenvalue weighted by molar-refractivity contribution is 7.07. The predicted octanol–water partition coefficient (Wildman–Crippen LogP) is 4.64. The van der Waals surface area contributed by atoms with E-state index >= 15 is 0 Å². The Morgan fingerprint density at radius 2 is 1.87 bits per heavy atom. The molecule has 3 rings (SSSR count). The number of aromatic nitrogens is 1. The lowest BCUT2D eigenvalue weighted by atomic mass is 10.1. The standard InChI is InChI=1S/C19H18N2OS/c1-3-13-21-18(15-9-11-17(22-2)12-10-15)14-23-19(21)20-16-7-5-4-6-8-16/h3-12,14H,1,13H2,2H3. The molecular weight excluding hydrogens is 304 g/mol. The van der Waals surface area contributed by atoms with E-state index in [2.05, 4.69) is 28.7 Å². The molecule has 0 atom stereocenters. The highest BCUT2D eigenvalue weighted by Crippen LogP contribution is 2.23. The SMILES string of the molecule is C=CCn1c(-c2ccc(OC)cc2)csc1=Nc1ccccc1. The van der Waals surface area contributed by atoms with Crippen molar-refractivity contribution in [3.05, 3.63) is 77.4 Å². The van der Waals surface area contributed by atoms with Crippen LogP contribution >= 0.6 is 11.3 Å². The molecular formula is C19H18N2OS. The fraction of sp³-hybridized carbons (Fsp3) is 0.105. The van der Waals surface area contributed by atoms with Crippen LogP contribution in [0.5, 0.6) is 5.75 Å². The van der Waals surface area contributed by atoms with Crippen molar-refractivity contribution in [2.75, 3.05) is 7.11 Å². The lowest BCUT2D eigenvalue weighted by Crippen LogP contribution is -2.14. The van der Waals surface area contributed by atoms with Crippen LogP contribution in [0.3, 0.4) is 0 Å². The molecule has 23 heavy (non-hydrogen) atoms. The lowest BCUT2D eigenvalue weighted by molar-refractivity contribution is 0.415. The van der Waals surface area contributed by atoms with Crippen molar-refractivity contribution in [1.82, 2.24) is 4.57 Å². The summed E-state index contributed by atoms with van der Waals surface area (Å²) in [5.74, 6) is 0.855. The molecule has 0 spiro atoms. The second-order valence-electron chi connectivity index (χ2n) is 4.98. The van der Waals surface area contributed by atoms with Crippen molar-refractivity contribution < 1.29 is 4.74 Å². The minimum Gasteiger partial charge on any atom is -0.497 e. The van der Waals surface area contributed by atoms with Gasteiger partial charge in [-0.05, 0) is 42.0 Å². The minimum absolute atomic E-state index is 0.719. The Labute approximate surface area is 139 Å². The molecule has 0 aliphatic heterocycles. The zero-order valence-electron chi connectivity index (χ0n) is 13.0. The Kier molecular flexibility index (Phi) is 4.74. The van der Waals surface area contributed by atoms with Crippen molar-refractivity contribution in [2.24, 2.45) is 4.99 Å². The van der Waals surface area contributed by atoms with Gasteiger partial charge in [-0.1, -0.05) is 24.3 Å². The van der Waals surface area contributed by atoms with Crippen LogP contribution in [0.1, 0.15) is 0 Å². The summed E-state index contributed by atoms with van der Waals surface area (Å²) in [6.45, 7) is 4.59. The highest BCUT2D eigenvalue weighted by atomic mass is 32.1. The van der Waals surface area contributed by atoms with Gasteiger partial charge < -0.3 is 9.30 Å². The predicted molar refractivity (Wildman–Crippen MR) is 96.2 cm³/mol. The van der Waals surface area contributed by atoms with Crippen molar-refractivity contribution in [3.63, 3.8) is 0 Å². The largest absolute Gasteiger partial charge is 0.497 e. The van der Waals surface area contributed by atoms with Crippen LogP contribution in [0.2, 0.25) is 0 Å². The van der Waals surface area contributed by atoms with Crippen LogP contribution in [0.25, 0.3) is 11.3 Å². The molecule has 3 nitrogen and oxygen atoms in total. The third kappa shape index (κ3) is 3.43. The Balaban J connectivity index is 2.08. The second kappa shape index (κ2) is 7.11. The number of hydrogen-bond donors (Lipinski definition) is 0. The van der Waals surface area contributed by atoms with Gasteiger partial charge in [0.25, 0.3) is 0 Å². The summed E-state index contributed by atoms with van der Waals surface area (Å²) in [7, 11) is 1.67. The van der Waals surface area contributed by atoms with E-state index in [-0.39, 0.29) is 0 Å². The van der Waals surface area contributed by atoms with E-state index in [1.165, 1.54) is 0 Å². The van der Waals surface area contributed by atoms with Crippen molar-refractivity contribution in [3.8, 4) is 17.0 Å². The number of methoxy groups -OCH3 is 1. The molecule has 0 radical (unpaired) electrons. The molecule has 4 heteroatoms. The van der Waals surface area contributed by atoms with Crippen LogP contribution in [0.4, 0.5) is 5.69 Å². The van der Waals surface area contributed by atoms with Gasteiger partial charge in [0.15, 0.2) is 4.80 Å². The number of benzene rings is 2. The Hall–Kier alpha value is -2.59. The van der Waals surface area contributed by atoms with Gasteiger partial charge in [-0.3, -0.25) is 0 Å². The molecule has 1 aromatic heterocycles. The number of para-hydroxylation sites is 1. The van der Waals surface area contributed by atoms with Crippen molar-refractivity contribution >= 4 is 17.0 Å². The molecule has 116 valence electrons. The highest BCUT2D eigenvalue weighted by Gasteiger charge is 2.07. The summed E-state index contributed by atoms with van der Waals surface area (Å²) in [4.78, 5) is 5.71. The molecule has 0 saturated carbocycles. The molecule has 0 saturated heterocycles. The molecule has 0 aliphatic carbocycles. The first-order valence-electron chi connectivity index (χ1n) is 7.35. The van der Waals surface area contributed by atoms with Gasteiger partial charge in [-0.25, -0.2) is 4.99 Å². The van der Waals surface area contributed by atoms with Crippen LogP contribution < -0.4 is 9.54 Å². The molecule has 0 bridgehead atoms. The van der Waals surface area contributed by atoms with E-state index in [0.717, 1.165) is 34.0 Å². The topological polar surface area (TPSA) is 26.5 Å². The van der Waals surface area contributed by atoms with Gasteiger partial charge in [0.2, 0.25) is 0 Å². The number of hydrogen-bond acceptors (Lipinski definition) is 3. The van der Waals surface area contributed by atoms with Crippen molar-refractivity contribution in [1.29, 1.82) is 0 Å².